The Balaban J connectivity index is 1.40. The highest BCUT2D eigenvalue weighted by atomic mass is 16.8. The zero-order chi connectivity index (χ0) is 24.5. The second-order valence-corrected chi connectivity index (χ2v) is 10.0. The molecule has 2 rings (SSSR count). The molecule has 2 unspecified atom stereocenters. The summed E-state index contributed by atoms with van der Waals surface area (Å²) in [6, 6.07) is 3.89. The molecule has 194 valence electrons. The number of aromatic nitrogens is 1. The molecule has 1 aliphatic heterocycles. The van der Waals surface area contributed by atoms with Crippen LogP contribution in [0.15, 0.2) is 18.3 Å². The average Bonchev–Trinajstić information content (AvgIpc) is 3.22. The quantitative estimate of drug-likeness (QED) is 0.151. The Labute approximate surface area is 208 Å². The highest BCUT2D eigenvalue weighted by Crippen LogP contribution is 2.34. The third-order valence-corrected chi connectivity index (χ3v) is 6.79. The Bertz CT molecular complexity index is 680. The summed E-state index contributed by atoms with van der Waals surface area (Å²) in [7, 11) is 0. The van der Waals surface area contributed by atoms with Crippen LogP contribution < -0.4 is 0 Å². The summed E-state index contributed by atoms with van der Waals surface area (Å²) in [5, 5.41) is 0. The number of rotatable bonds is 19. The molecular weight excluding hydrogens is 426 g/mol. The Morgan fingerprint density at radius 1 is 0.971 bits per heavy atom. The number of ether oxygens (including phenoxy) is 3. The SMILES string of the molecule is CCCCCCCCCCCCCCCCCC(=O)OCC1COC(C)(c2ncccc2C)O1. The molecule has 0 aromatic carbocycles. The van der Waals surface area contributed by atoms with Crippen molar-refractivity contribution in [2.45, 2.75) is 135 Å². The number of aryl methyl sites for hydroxylation is 1. The lowest BCUT2D eigenvalue weighted by molar-refractivity contribution is -0.174. The van der Waals surface area contributed by atoms with Crippen molar-refractivity contribution >= 4 is 5.97 Å². The minimum absolute atomic E-state index is 0.138. The number of esters is 1. The van der Waals surface area contributed by atoms with Crippen molar-refractivity contribution in [2.24, 2.45) is 0 Å². The molecule has 5 heteroatoms. The summed E-state index contributed by atoms with van der Waals surface area (Å²) in [4.78, 5) is 16.5. The molecule has 0 amide bonds. The smallest absolute Gasteiger partial charge is 0.305 e. The predicted octanol–water partition coefficient (Wildman–Crippen LogP) is 7.78. The standard InChI is InChI=1S/C29H49NO4/c1-4-5-6-7-8-9-10-11-12-13-14-15-16-17-18-21-27(31)32-23-26-24-33-29(3,34-26)28-25(2)20-19-22-30-28/h19-20,22,26H,4-18,21,23-24H2,1-3H3. The van der Waals surface area contributed by atoms with E-state index in [4.69, 9.17) is 14.2 Å². The second kappa shape index (κ2) is 17.0. The monoisotopic (exact) mass is 475 g/mol. The lowest BCUT2D eigenvalue weighted by Gasteiger charge is -2.24. The summed E-state index contributed by atoms with van der Waals surface area (Å²) in [6.45, 7) is 6.78. The van der Waals surface area contributed by atoms with E-state index in [9.17, 15) is 4.79 Å². The lowest BCUT2D eigenvalue weighted by atomic mass is 10.0. The van der Waals surface area contributed by atoms with Gasteiger partial charge in [0.15, 0.2) is 0 Å². The van der Waals surface area contributed by atoms with Gasteiger partial charge in [0.25, 0.3) is 0 Å². The van der Waals surface area contributed by atoms with Gasteiger partial charge in [-0.15, -0.1) is 0 Å². The van der Waals surface area contributed by atoms with Gasteiger partial charge in [0.2, 0.25) is 5.79 Å². The molecule has 0 N–H and O–H groups in total. The summed E-state index contributed by atoms with van der Waals surface area (Å²) < 4.78 is 17.3. The fraction of sp³-hybridized carbons (Fsp3) is 0.793. The molecule has 34 heavy (non-hydrogen) atoms. The van der Waals surface area contributed by atoms with Crippen LogP contribution in [-0.2, 0) is 24.8 Å². The molecule has 2 heterocycles. The van der Waals surface area contributed by atoms with E-state index in [1.54, 1.807) is 6.20 Å². The second-order valence-electron chi connectivity index (χ2n) is 10.0. The normalized spacial score (nSPS) is 20.0. The van der Waals surface area contributed by atoms with Crippen LogP contribution in [0.2, 0.25) is 0 Å². The largest absolute Gasteiger partial charge is 0.463 e. The average molecular weight is 476 g/mol. The molecule has 1 aromatic heterocycles. The number of carbonyl (C=O) groups excluding carboxylic acids is 1. The summed E-state index contributed by atoms with van der Waals surface area (Å²) in [5.74, 6) is -1.02. The van der Waals surface area contributed by atoms with Crippen LogP contribution in [0.1, 0.15) is 128 Å². The van der Waals surface area contributed by atoms with Gasteiger partial charge in [0.05, 0.1) is 6.61 Å². The third kappa shape index (κ3) is 11.3. The fourth-order valence-corrected chi connectivity index (χ4v) is 4.70. The van der Waals surface area contributed by atoms with Gasteiger partial charge in [-0.05, 0) is 31.9 Å². The van der Waals surface area contributed by atoms with E-state index in [1.165, 1.54) is 83.5 Å². The first-order chi connectivity index (χ1) is 16.5. The van der Waals surface area contributed by atoms with Gasteiger partial charge < -0.3 is 14.2 Å². The molecule has 5 nitrogen and oxygen atoms in total. The van der Waals surface area contributed by atoms with E-state index in [0.717, 1.165) is 24.1 Å². The fourth-order valence-electron chi connectivity index (χ4n) is 4.70. The molecule has 1 aliphatic rings. The zero-order valence-electron chi connectivity index (χ0n) is 22.1. The van der Waals surface area contributed by atoms with E-state index < -0.39 is 5.79 Å². The highest BCUT2D eigenvalue weighted by molar-refractivity contribution is 5.69. The van der Waals surface area contributed by atoms with Gasteiger partial charge in [-0.25, -0.2) is 0 Å². The van der Waals surface area contributed by atoms with Crippen LogP contribution in [-0.4, -0.2) is 30.3 Å². The summed E-state index contributed by atoms with van der Waals surface area (Å²) in [6.07, 6.45) is 21.8. The Morgan fingerprint density at radius 3 is 2.09 bits per heavy atom. The maximum Gasteiger partial charge on any atom is 0.305 e. The molecule has 2 atom stereocenters. The highest BCUT2D eigenvalue weighted by Gasteiger charge is 2.41. The van der Waals surface area contributed by atoms with Gasteiger partial charge in [-0.2, -0.15) is 0 Å². The molecule has 1 saturated heterocycles. The molecule has 1 fully saturated rings. The first kappa shape index (κ1) is 28.8. The van der Waals surface area contributed by atoms with Crippen LogP contribution in [0.4, 0.5) is 0 Å². The topological polar surface area (TPSA) is 57.7 Å². The number of hydrogen-bond acceptors (Lipinski definition) is 5. The summed E-state index contributed by atoms with van der Waals surface area (Å²) in [5.41, 5.74) is 1.80. The number of unbranched alkanes of at least 4 members (excludes halogenated alkanes) is 14. The van der Waals surface area contributed by atoms with Crippen LogP contribution in [0.5, 0.6) is 0 Å². The van der Waals surface area contributed by atoms with Crippen molar-refractivity contribution in [3.8, 4) is 0 Å². The maximum absolute atomic E-state index is 12.1. The molecule has 0 bridgehead atoms. The maximum atomic E-state index is 12.1. The van der Waals surface area contributed by atoms with Gasteiger partial charge >= 0.3 is 5.97 Å². The number of nitrogens with zero attached hydrogens (tertiary/aromatic N) is 1. The van der Waals surface area contributed by atoms with E-state index in [2.05, 4.69) is 11.9 Å². The molecule has 0 radical (unpaired) electrons. The van der Waals surface area contributed by atoms with Crippen molar-refractivity contribution in [2.75, 3.05) is 13.2 Å². The van der Waals surface area contributed by atoms with Crippen molar-refractivity contribution in [3.63, 3.8) is 0 Å². The van der Waals surface area contributed by atoms with Crippen LogP contribution >= 0.6 is 0 Å². The first-order valence-electron chi connectivity index (χ1n) is 13.9. The zero-order valence-corrected chi connectivity index (χ0v) is 22.1. The van der Waals surface area contributed by atoms with E-state index >= 15 is 0 Å². The molecule has 0 saturated carbocycles. The van der Waals surface area contributed by atoms with Gasteiger partial charge in [0, 0.05) is 12.6 Å². The number of hydrogen-bond donors (Lipinski definition) is 0. The molecule has 0 spiro atoms. The Morgan fingerprint density at radius 2 is 1.53 bits per heavy atom. The third-order valence-electron chi connectivity index (χ3n) is 6.79. The predicted molar refractivity (Wildman–Crippen MR) is 138 cm³/mol. The number of pyridine rings is 1. The minimum Gasteiger partial charge on any atom is -0.463 e. The molecule has 0 aliphatic carbocycles. The van der Waals surface area contributed by atoms with E-state index in [-0.39, 0.29) is 18.7 Å². The van der Waals surface area contributed by atoms with Gasteiger partial charge in [0.1, 0.15) is 18.4 Å². The van der Waals surface area contributed by atoms with E-state index in [0.29, 0.717) is 13.0 Å². The summed E-state index contributed by atoms with van der Waals surface area (Å²) >= 11 is 0. The lowest BCUT2D eigenvalue weighted by Crippen LogP contribution is -2.28. The van der Waals surface area contributed by atoms with Gasteiger partial charge in [-0.3, -0.25) is 9.78 Å². The van der Waals surface area contributed by atoms with Crippen molar-refractivity contribution in [3.05, 3.63) is 29.6 Å². The Hall–Kier alpha value is -1.46. The molecule has 1 aromatic rings. The van der Waals surface area contributed by atoms with Crippen LogP contribution in [0.3, 0.4) is 0 Å². The van der Waals surface area contributed by atoms with Gasteiger partial charge in [-0.1, -0.05) is 103 Å². The van der Waals surface area contributed by atoms with E-state index in [1.807, 2.05) is 26.0 Å². The Kier molecular flexibility index (Phi) is 14.4. The minimum atomic E-state index is -0.878. The molecular formula is C29H49NO4. The number of carbonyl (C=O) groups is 1. The first-order valence-corrected chi connectivity index (χ1v) is 13.9. The van der Waals surface area contributed by atoms with Crippen LogP contribution in [0.25, 0.3) is 0 Å². The van der Waals surface area contributed by atoms with Crippen molar-refractivity contribution in [1.29, 1.82) is 0 Å². The van der Waals surface area contributed by atoms with Crippen LogP contribution in [0, 0.1) is 6.92 Å². The van der Waals surface area contributed by atoms with Crippen molar-refractivity contribution < 1.29 is 19.0 Å². The van der Waals surface area contributed by atoms with Crippen molar-refractivity contribution in [1.82, 2.24) is 4.98 Å².